The molecule has 0 saturated carbocycles. The Bertz CT molecular complexity index is 662. The van der Waals surface area contributed by atoms with Gasteiger partial charge in [0.1, 0.15) is 31.0 Å². The summed E-state index contributed by atoms with van der Waals surface area (Å²) in [7, 11) is 0. The van der Waals surface area contributed by atoms with Crippen LogP contribution in [-0.2, 0) is 14.3 Å². The second kappa shape index (κ2) is 7.60. The van der Waals surface area contributed by atoms with Gasteiger partial charge in [-0.25, -0.2) is 4.79 Å². The van der Waals surface area contributed by atoms with Gasteiger partial charge in [0, 0.05) is 6.08 Å². The number of hydrogen-bond acceptors (Lipinski definition) is 9. The summed E-state index contributed by atoms with van der Waals surface area (Å²) in [6.45, 7) is -0.536. The van der Waals surface area contributed by atoms with Crippen molar-refractivity contribution in [3.05, 3.63) is 29.8 Å². The molecule has 6 N–H and O–H groups in total. The fourth-order valence-electron chi connectivity index (χ4n) is 2.03. The van der Waals surface area contributed by atoms with E-state index in [9.17, 15) is 35.4 Å². The highest BCUT2D eigenvalue weighted by Crippen LogP contribution is 2.25. The first kappa shape index (κ1) is 16.7. The fraction of sp³-hybridized carbons (Fsp3) is 0.400. The molecule has 132 valence electrons. The number of hydrogen-bond donors (Lipinski definition) is 6. The van der Waals surface area contributed by atoms with Crippen LogP contribution in [-0.4, -0.2) is 73.9 Å². The lowest BCUT2D eigenvalue weighted by Gasteiger charge is -2.37. The molecule has 1 aromatic carbocycles. The highest BCUT2D eigenvalue weighted by Gasteiger charge is 2.43. The number of aliphatic hydroxyl groups excluding tert-OH is 4. The van der Waals surface area contributed by atoms with E-state index in [0.29, 0.717) is 0 Å². The molecule has 1 aliphatic heterocycles. The molecule has 0 amide bonds. The van der Waals surface area contributed by atoms with Crippen LogP contribution in [0.2, 0.25) is 0 Å². The molecule has 1 saturated heterocycles. The van der Waals surface area contributed by atoms with Crippen molar-refractivity contribution in [3.8, 4) is 11.5 Å². The Hall–Kier alpha value is -2.17. The lowest BCUT2D eigenvalue weighted by molar-refractivity contribution is -0.287. The Labute approximate surface area is 138 Å². The summed E-state index contributed by atoms with van der Waals surface area (Å²) < 4.78 is 17.4. The van der Waals surface area contributed by atoms with E-state index in [-0.39, 0.29) is 17.4 Å². The first-order valence-corrected chi connectivity index (χ1v) is 6.96. The largest absolute Gasteiger partial charge is 0.504 e. The maximum atomic E-state index is 11.7. The quantitative estimate of drug-likeness (QED) is 0.216. The van der Waals surface area contributed by atoms with Crippen molar-refractivity contribution in [2.75, 3.05) is 6.61 Å². The minimum absolute atomic E-state index is 0.148. The zero-order valence-corrected chi connectivity index (χ0v) is 12.3. The van der Waals surface area contributed by atoms with E-state index in [1.54, 1.807) is 0 Å². The van der Waals surface area contributed by atoms with Crippen LogP contribution in [0.4, 0.5) is 0 Å². The number of rotatable bonds is 4. The molecule has 0 bridgehead atoms. The molecule has 0 spiro atoms. The SMILES string of the molecule is [2H]/C(=C\C(=O)OC[C@H]1OC(O)[C@H](O)[C@@H](O)[C@@H]1O)c1ccc(O)c(O)c1. The summed E-state index contributed by atoms with van der Waals surface area (Å²) in [5.74, 6) is -1.80. The molecule has 0 aliphatic carbocycles. The summed E-state index contributed by atoms with van der Waals surface area (Å²) in [4.78, 5) is 11.7. The monoisotopic (exact) mass is 343 g/mol. The van der Waals surface area contributed by atoms with E-state index in [0.717, 1.165) is 18.2 Å². The van der Waals surface area contributed by atoms with Gasteiger partial charge in [-0.2, -0.15) is 0 Å². The molecule has 1 aliphatic rings. The van der Waals surface area contributed by atoms with Crippen LogP contribution in [0.3, 0.4) is 0 Å². The van der Waals surface area contributed by atoms with Gasteiger partial charge in [-0.1, -0.05) is 6.07 Å². The summed E-state index contributed by atoms with van der Waals surface area (Å²) in [6.07, 6.45) is -7.16. The second-order valence-electron chi connectivity index (χ2n) is 5.16. The van der Waals surface area contributed by atoms with Crippen molar-refractivity contribution in [3.63, 3.8) is 0 Å². The van der Waals surface area contributed by atoms with Crippen molar-refractivity contribution in [1.82, 2.24) is 0 Å². The molecule has 0 radical (unpaired) electrons. The smallest absolute Gasteiger partial charge is 0.330 e. The van der Waals surface area contributed by atoms with E-state index in [1.807, 2.05) is 0 Å². The van der Waals surface area contributed by atoms with Crippen LogP contribution in [0.5, 0.6) is 11.5 Å². The van der Waals surface area contributed by atoms with Crippen molar-refractivity contribution in [2.45, 2.75) is 30.7 Å². The van der Waals surface area contributed by atoms with Gasteiger partial charge in [-0.05, 0) is 23.7 Å². The number of esters is 1. The maximum absolute atomic E-state index is 11.7. The number of ether oxygens (including phenoxy) is 2. The molecule has 1 aromatic rings. The molecular weight excluding hydrogens is 324 g/mol. The average Bonchev–Trinajstić information content (AvgIpc) is 2.57. The second-order valence-corrected chi connectivity index (χ2v) is 5.16. The first-order valence-electron chi connectivity index (χ1n) is 7.46. The minimum atomic E-state index is -1.75. The topological polar surface area (TPSA) is 157 Å². The molecule has 1 heterocycles. The van der Waals surface area contributed by atoms with Gasteiger partial charge in [0.2, 0.25) is 0 Å². The van der Waals surface area contributed by atoms with Crippen molar-refractivity contribution < 1.29 is 46.3 Å². The number of carbonyl (C=O) groups is 1. The lowest BCUT2D eigenvalue weighted by Crippen LogP contribution is -2.58. The van der Waals surface area contributed by atoms with Gasteiger partial charge >= 0.3 is 5.97 Å². The van der Waals surface area contributed by atoms with Crippen LogP contribution >= 0.6 is 0 Å². The minimum Gasteiger partial charge on any atom is -0.504 e. The molecule has 24 heavy (non-hydrogen) atoms. The number of aromatic hydroxyl groups is 2. The van der Waals surface area contributed by atoms with Crippen LogP contribution < -0.4 is 0 Å². The maximum Gasteiger partial charge on any atom is 0.330 e. The zero-order chi connectivity index (χ0) is 18.7. The third kappa shape index (κ3) is 4.22. The Morgan fingerprint density at radius 2 is 1.88 bits per heavy atom. The normalized spacial score (nSPS) is 31.4. The summed E-state index contributed by atoms with van der Waals surface area (Å²) >= 11 is 0. The molecule has 1 unspecified atom stereocenters. The van der Waals surface area contributed by atoms with Crippen molar-refractivity contribution in [1.29, 1.82) is 0 Å². The number of carbonyl (C=O) groups excluding carboxylic acids is 1. The molecular formula is C15H18O9. The van der Waals surface area contributed by atoms with Gasteiger partial charge in [0.05, 0.1) is 1.37 Å². The number of phenolic OH excluding ortho intramolecular Hbond substituents is 2. The van der Waals surface area contributed by atoms with Gasteiger partial charge in [0.25, 0.3) is 0 Å². The van der Waals surface area contributed by atoms with Crippen LogP contribution in [0.25, 0.3) is 6.05 Å². The van der Waals surface area contributed by atoms with Gasteiger partial charge < -0.3 is 40.1 Å². The summed E-state index contributed by atoms with van der Waals surface area (Å²) in [5, 5.41) is 56.5. The first-order chi connectivity index (χ1) is 11.7. The fourth-order valence-corrected chi connectivity index (χ4v) is 2.03. The molecule has 2 rings (SSSR count). The van der Waals surface area contributed by atoms with Gasteiger partial charge in [-0.3, -0.25) is 0 Å². The number of phenols is 2. The molecule has 9 nitrogen and oxygen atoms in total. The predicted octanol–water partition coefficient (Wildman–Crippen LogP) is -1.55. The molecule has 1 fully saturated rings. The van der Waals surface area contributed by atoms with Crippen molar-refractivity contribution >= 4 is 12.0 Å². The Morgan fingerprint density at radius 1 is 1.17 bits per heavy atom. The van der Waals surface area contributed by atoms with E-state index < -0.39 is 49.0 Å². The van der Waals surface area contributed by atoms with Gasteiger partial charge in [0.15, 0.2) is 17.8 Å². The highest BCUT2D eigenvalue weighted by molar-refractivity contribution is 5.87. The third-order valence-corrected chi connectivity index (χ3v) is 3.41. The average molecular weight is 343 g/mol. The van der Waals surface area contributed by atoms with Crippen LogP contribution in [0.15, 0.2) is 24.3 Å². The zero-order valence-electron chi connectivity index (χ0n) is 13.3. The summed E-state index contributed by atoms with van der Waals surface area (Å²) in [5.41, 5.74) is 0.148. The van der Waals surface area contributed by atoms with Crippen molar-refractivity contribution in [2.24, 2.45) is 0 Å². The van der Waals surface area contributed by atoms with Crippen LogP contribution in [0.1, 0.15) is 6.93 Å². The molecule has 0 aromatic heterocycles. The number of benzene rings is 1. The standard InChI is InChI=1S/C15H18O9/c16-8-3-1-7(5-9(8)17)2-4-11(18)23-6-10-12(19)13(20)14(21)15(22)24-10/h1-5,10,12-17,19-22H,6H2/b4-2+/t10-,12-,13+,14-,15?/m1/s1/i2D. The van der Waals surface area contributed by atoms with E-state index in [4.69, 9.17) is 10.8 Å². The third-order valence-electron chi connectivity index (χ3n) is 3.41. The molecule has 9 heteroatoms. The highest BCUT2D eigenvalue weighted by atomic mass is 16.6. The Morgan fingerprint density at radius 3 is 2.54 bits per heavy atom. The van der Waals surface area contributed by atoms with Gasteiger partial charge in [-0.15, -0.1) is 0 Å². The van der Waals surface area contributed by atoms with E-state index in [1.165, 1.54) is 6.07 Å². The predicted molar refractivity (Wildman–Crippen MR) is 78.7 cm³/mol. The Kier molecular flexibility index (Phi) is 5.28. The number of aliphatic hydroxyl groups is 4. The Balaban J connectivity index is 1.96. The van der Waals surface area contributed by atoms with E-state index in [2.05, 4.69) is 0 Å². The van der Waals surface area contributed by atoms with Crippen LogP contribution in [0, 0.1) is 0 Å². The lowest BCUT2D eigenvalue weighted by atomic mass is 9.99. The van der Waals surface area contributed by atoms with E-state index >= 15 is 0 Å². The summed E-state index contributed by atoms with van der Waals surface area (Å²) in [6, 6.07) is 3.24. The molecule has 5 atom stereocenters.